The van der Waals surface area contributed by atoms with Crippen LogP contribution in [-0.4, -0.2) is 23.7 Å². The van der Waals surface area contributed by atoms with E-state index in [-0.39, 0.29) is 21.4 Å². The molecule has 0 bridgehead atoms. The molecule has 0 amide bonds. The maximum atomic E-state index is 12.3. The molecule has 0 aliphatic carbocycles. The second kappa shape index (κ2) is 5.22. The van der Waals surface area contributed by atoms with Gasteiger partial charge in [0.15, 0.2) is 9.84 Å². The van der Waals surface area contributed by atoms with Crippen LogP contribution < -0.4 is 5.73 Å². The molecule has 2 rings (SSSR count). The average Bonchev–Trinajstić information content (AvgIpc) is 2.72. The number of nitrogens with zero attached hydrogens (tertiary/aromatic N) is 2. The van der Waals surface area contributed by atoms with Crippen LogP contribution >= 0.6 is 11.6 Å². The van der Waals surface area contributed by atoms with Crippen LogP contribution in [0, 0.1) is 0 Å². The summed E-state index contributed by atoms with van der Waals surface area (Å²) in [5, 5.41) is 0.153. The minimum atomic E-state index is -3.52. The Hall–Kier alpha value is -1.53. The van der Waals surface area contributed by atoms with Gasteiger partial charge < -0.3 is 10.3 Å². The molecular formula is C12H14ClN3O2S. The molecule has 0 aliphatic rings. The van der Waals surface area contributed by atoms with Gasteiger partial charge in [0.05, 0.1) is 16.5 Å². The summed E-state index contributed by atoms with van der Waals surface area (Å²) >= 11 is 5.93. The first-order valence-corrected chi connectivity index (χ1v) is 7.68. The number of hydrogen-bond acceptors (Lipinski definition) is 4. The Morgan fingerprint density at radius 3 is 2.74 bits per heavy atom. The Balaban J connectivity index is 2.26. The second-order valence-electron chi connectivity index (χ2n) is 4.18. The lowest BCUT2D eigenvalue weighted by atomic mass is 10.3. The lowest BCUT2D eigenvalue weighted by Crippen LogP contribution is -2.13. The Morgan fingerprint density at radius 2 is 2.16 bits per heavy atom. The van der Waals surface area contributed by atoms with Gasteiger partial charge in [0.1, 0.15) is 10.7 Å². The third kappa shape index (κ3) is 2.90. The minimum Gasteiger partial charge on any atom is -0.398 e. The zero-order chi connectivity index (χ0) is 14.0. The van der Waals surface area contributed by atoms with Crippen molar-refractivity contribution in [3.63, 3.8) is 0 Å². The van der Waals surface area contributed by atoms with Gasteiger partial charge >= 0.3 is 0 Å². The van der Waals surface area contributed by atoms with Gasteiger partial charge in [-0.3, -0.25) is 0 Å². The van der Waals surface area contributed by atoms with Crippen LogP contribution in [-0.2, 0) is 23.3 Å². The fourth-order valence-electron chi connectivity index (χ4n) is 1.82. The van der Waals surface area contributed by atoms with Crippen LogP contribution in [0.15, 0.2) is 35.5 Å². The molecule has 2 N–H and O–H groups in total. The molecule has 19 heavy (non-hydrogen) atoms. The smallest absolute Gasteiger partial charge is 0.182 e. The summed E-state index contributed by atoms with van der Waals surface area (Å²) in [6, 6.07) is 4.67. The van der Waals surface area contributed by atoms with Crippen molar-refractivity contribution in [3.05, 3.63) is 41.4 Å². The summed E-state index contributed by atoms with van der Waals surface area (Å²) < 4.78 is 26.3. The van der Waals surface area contributed by atoms with Crippen molar-refractivity contribution < 1.29 is 8.42 Å². The maximum absolute atomic E-state index is 12.3. The van der Waals surface area contributed by atoms with Crippen molar-refractivity contribution in [2.45, 2.75) is 11.3 Å². The van der Waals surface area contributed by atoms with Gasteiger partial charge in [-0.05, 0) is 12.1 Å². The number of rotatable bonds is 4. The molecule has 1 heterocycles. The van der Waals surface area contributed by atoms with Gasteiger partial charge in [-0.2, -0.15) is 0 Å². The Bertz CT molecular complexity index is 675. The maximum Gasteiger partial charge on any atom is 0.182 e. The van der Waals surface area contributed by atoms with Crippen LogP contribution in [0.5, 0.6) is 0 Å². The van der Waals surface area contributed by atoms with E-state index in [9.17, 15) is 8.42 Å². The third-order valence-corrected chi connectivity index (χ3v) is 5.07. The highest BCUT2D eigenvalue weighted by Gasteiger charge is 2.21. The fourth-order valence-corrected chi connectivity index (χ4v) is 3.80. The standard InChI is InChI=1S/C12H14ClN3O2S/c1-16-7-6-15-11(16)5-8-19(17,18)12-9(13)3-2-4-10(12)14/h2-4,6-7H,5,8,14H2,1H3. The van der Waals surface area contributed by atoms with Gasteiger partial charge in [0.25, 0.3) is 0 Å². The number of imidazole rings is 1. The first-order chi connectivity index (χ1) is 8.92. The molecule has 0 fully saturated rings. The second-order valence-corrected chi connectivity index (χ2v) is 6.63. The van der Waals surface area contributed by atoms with Gasteiger partial charge in [-0.15, -0.1) is 0 Å². The van der Waals surface area contributed by atoms with Gasteiger partial charge in [-0.1, -0.05) is 17.7 Å². The predicted molar refractivity (Wildman–Crippen MR) is 74.8 cm³/mol. The van der Waals surface area contributed by atoms with Crippen LogP contribution in [0.25, 0.3) is 0 Å². The van der Waals surface area contributed by atoms with E-state index in [1.807, 2.05) is 7.05 Å². The molecule has 1 aromatic heterocycles. The van der Waals surface area contributed by atoms with Crippen LogP contribution in [0.4, 0.5) is 5.69 Å². The zero-order valence-electron chi connectivity index (χ0n) is 10.4. The van der Waals surface area contributed by atoms with Crippen LogP contribution in [0.2, 0.25) is 5.02 Å². The highest BCUT2D eigenvalue weighted by atomic mass is 35.5. The van der Waals surface area contributed by atoms with E-state index in [4.69, 9.17) is 17.3 Å². The van der Waals surface area contributed by atoms with E-state index in [1.54, 1.807) is 23.0 Å². The topological polar surface area (TPSA) is 78.0 Å². The molecule has 0 saturated carbocycles. The van der Waals surface area contributed by atoms with E-state index in [2.05, 4.69) is 4.98 Å². The normalized spacial score (nSPS) is 11.7. The van der Waals surface area contributed by atoms with Gasteiger partial charge in [0, 0.05) is 25.9 Å². The minimum absolute atomic E-state index is 0.00544. The summed E-state index contributed by atoms with van der Waals surface area (Å²) in [5.41, 5.74) is 5.88. The largest absolute Gasteiger partial charge is 0.398 e. The molecule has 0 saturated heterocycles. The quantitative estimate of drug-likeness (QED) is 0.871. The van der Waals surface area contributed by atoms with E-state index in [1.165, 1.54) is 12.1 Å². The highest BCUT2D eigenvalue weighted by molar-refractivity contribution is 7.91. The van der Waals surface area contributed by atoms with Crippen molar-refractivity contribution in [1.29, 1.82) is 0 Å². The molecule has 7 heteroatoms. The van der Waals surface area contributed by atoms with E-state index >= 15 is 0 Å². The van der Waals surface area contributed by atoms with Crippen LogP contribution in [0.1, 0.15) is 5.82 Å². The molecule has 1 aromatic carbocycles. The van der Waals surface area contributed by atoms with Crippen molar-refractivity contribution in [3.8, 4) is 0 Å². The van der Waals surface area contributed by atoms with Gasteiger partial charge in [-0.25, -0.2) is 13.4 Å². The third-order valence-electron chi connectivity index (χ3n) is 2.82. The molecule has 0 aliphatic heterocycles. The Morgan fingerprint density at radius 1 is 1.42 bits per heavy atom. The number of aromatic nitrogens is 2. The van der Waals surface area contributed by atoms with Crippen molar-refractivity contribution in [2.24, 2.45) is 7.05 Å². The average molecular weight is 300 g/mol. The van der Waals surface area contributed by atoms with Crippen LogP contribution in [0.3, 0.4) is 0 Å². The number of anilines is 1. The lowest BCUT2D eigenvalue weighted by molar-refractivity contribution is 0.594. The predicted octanol–water partition coefficient (Wildman–Crippen LogP) is 1.67. The number of sulfone groups is 1. The Labute approximate surface area is 116 Å². The van der Waals surface area contributed by atoms with Crippen molar-refractivity contribution in [2.75, 3.05) is 11.5 Å². The first-order valence-electron chi connectivity index (χ1n) is 5.65. The zero-order valence-corrected chi connectivity index (χ0v) is 11.9. The summed E-state index contributed by atoms with van der Waals surface area (Å²) in [6.07, 6.45) is 3.72. The van der Waals surface area contributed by atoms with Crippen molar-refractivity contribution in [1.82, 2.24) is 9.55 Å². The molecule has 102 valence electrons. The first kappa shape index (κ1) is 13.9. The van der Waals surface area contributed by atoms with Gasteiger partial charge in [0.2, 0.25) is 0 Å². The number of nitrogens with two attached hydrogens (primary N) is 1. The highest BCUT2D eigenvalue weighted by Crippen LogP contribution is 2.28. The van der Waals surface area contributed by atoms with E-state index in [0.29, 0.717) is 12.2 Å². The number of benzene rings is 1. The van der Waals surface area contributed by atoms with Crippen molar-refractivity contribution >= 4 is 27.1 Å². The molecule has 0 atom stereocenters. The molecule has 5 nitrogen and oxygen atoms in total. The summed E-state index contributed by atoms with van der Waals surface area (Å²) in [6.45, 7) is 0. The summed E-state index contributed by atoms with van der Waals surface area (Å²) in [4.78, 5) is 4.10. The lowest BCUT2D eigenvalue weighted by Gasteiger charge is -2.09. The number of nitrogen functional groups attached to an aromatic ring is 1. The summed E-state index contributed by atoms with van der Waals surface area (Å²) in [5.74, 6) is 0.625. The molecule has 0 spiro atoms. The molecule has 2 aromatic rings. The number of halogens is 1. The molecule has 0 radical (unpaired) electrons. The monoisotopic (exact) mass is 299 g/mol. The number of aryl methyl sites for hydroxylation is 2. The molecular weight excluding hydrogens is 286 g/mol. The summed E-state index contributed by atoms with van der Waals surface area (Å²) in [7, 11) is -1.71. The Kier molecular flexibility index (Phi) is 3.82. The fraction of sp³-hybridized carbons (Fsp3) is 0.250. The molecule has 0 unspecified atom stereocenters. The number of hydrogen-bond donors (Lipinski definition) is 1. The van der Waals surface area contributed by atoms with E-state index < -0.39 is 9.84 Å². The SMILES string of the molecule is Cn1ccnc1CCS(=O)(=O)c1c(N)cccc1Cl. The van der Waals surface area contributed by atoms with E-state index in [0.717, 1.165) is 0 Å².